The Kier molecular flexibility index (Phi) is 17.1. The van der Waals surface area contributed by atoms with Crippen LogP contribution in [-0.4, -0.2) is 57.8 Å². The van der Waals surface area contributed by atoms with Crippen molar-refractivity contribution < 1.29 is 4.79 Å². The summed E-state index contributed by atoms with van der Waals surface area (Å²) >= 11 is 0. The SMILES string of the molecule is NCCCC[C@H](N)C(=O)NCCCNCCCCNCCCN. The summed E-state index contributed by atoms with van der Waals surface area (Å²) in [7, 11) is 0. The Morgan fingerprint density at radius 2 is 1.30 bits per heavy atom. The Balaban J connectivity index is 3.24. The molecule has 0 heterocycles. The number of rotatable bonds is 17. The Bertz CT molecular complexity index is 265. The van der Waals surface area contributed by atoms with Gasteiger partial charge in [-0.15, -0.1) is 0 Å². The highest BCUT2D eigenvalue weighted by atomic mass is 16.2. The maximum Gasteiger partial charge on any atom is 0.236 e. The lowest BCUT2D eigenvalue weighted by molar-refractivity contribution is -0.122. The van der Waals surface area contributed by atoms with Gasteiger partial charge in [0.15, 0.2) is 0 Å². The fourth-order valence-corrected chi connectivity index (χ4v) is 2.17. The van der Waals surface area contributed by atoms with Crippen LogP contribution in [0.3, 0.4) is 0 Å². The lowest BCUT2D eigenvalue weighted by Gasteiger charge is -2.12. The molecule has 0 aromatic rings. The molecule has 1 amide bonds. The van der Waals surface area contributed by atoms with Gasteiger partial charge in [-0.05, 0) is 77.8 Å². The van der Waals surface area contributed by atoms with Crippen LogP contribution in [0.15, 0.2) is 0 Å². The maximum absolute atomic E-state index is 11.7. The Morgan fingerprint density at radius 1 is 0.739 bits per heavy atom. The number of nitrogens with two attached hydrogens (primary N) is 3. The van der Waals surface area contributed by atoms with Crippen LogP contribution in [0.2, 0.25) is 0 Å². The van der Waals surface area contributed by atoms with Crippen molar-refractivity contribution in [3.63, 3.8) is 0 Å². The van der Waals surface area contributed by atoms with Gasteiger partial charge < -0.3 is 33.2 Å². The molecular formula is C16H38N6O. The van der Waals surface area contributed by atoms with Crippen LogP contribution in [0.1, 0.15) is 44.9 Å². The molecule has 1 atom stereocenters. The predicted octanol–water partition coefficient (Wildman–Crippen LogP) is -0.743. The number of amides is 1. The topological polar surface area (TPSA) is 131 Å². The molecule has 0 aromatic heterocycles. The zero-order valence-electron chi connectivity index (χ0n) is 14.6. The fraction of sp³-hybridized carbons (Fsp3) is 0.938. The van der Waals surface area contributed by atoms with E-state index in [0.717, 1.165) is 64.8 Å². The van der Waals surface area contributed by atoms with Crippen molar-refractivity contribution in [1.82, 2.24) is 16.0 Å². The molecule has 0 aliphatic carbocycles. The molecule has 9 N–H and O–H groups in total. The minimum absolute atomic E-state index is 0.0504. The van der Waals surface area contributed by atoms with Gasteiger partial charge in [0.1, 0.15) is 0 Å². The number of hydrogen-bond acceptors (Lipinski definition) is 6. The van der Waals surface area contributed by atoms with Gasteiger partial charge in [-0.1, -0.05) is 6.42 Å². The van der Waals surface area contributed by atoms with Crippen molar-refractivity contribution in [2.45, 2.75) is 51.0 Å². The van der Waals surface area contributed by atoms with E-state index >= 15 is 0 Å². The standard InChI is InChI=1S/C16H38N6O/c17-8-2-1-7-15(19)16(23)22-14-6-13-21-11-4-3-10-20-12-5-9-18/h15,20-21H,1-14,17-19H2,(H,22,23)/t15-/m0/s1. The van der Waals surface area contributed by atoms with Gasteiger partial charge in [0, 0.05) is 6.54 Å². The van der Waals surface area contributed by atoms with Crippen molar-refractivity contribution >= 4 is 5.91 Å². The molecule has 0 saturated heterocycles. The van der Waals surface area contributed by atoms with Crippen LogP contribution < -0.4 is 33.2 Å². The third-order valence-electron chi connectivity index (χ3n) is 3.65. The van der Waals surface area contributed by atoms with Crippen LogP contribution in [0.5, 0.6) is 0 Å². The monoisotopic (exact) mass is 330 g/mol. The third kappa shape index (κ3) is 15.9. The largest absolute Gasteiger partial charge is 0.355 e. The van der Waals surface area contributed by atoms with Crippen LogP contribution in [0.25, 0.3) is 0 Å². The lowest BCUT2D eigenvalue weighted by Crippen LogP contribution is -2.41. The molecule has 0 radical (unpaired) electrons. The molecule has 0 aromatic carbocycles. The summed E-state index contributed by atoms with van der Waals surface area (Å²) in [6.07, 6.45) is 6.85. The minimum atomic E-state index is -0.402. The predicted molar refractivity (Wildman–Crippen MR) is 97.2 cm³/mol. The Hall–Kier alpha value is -0.730. The molecule has 0 aliphatic heterocycles. The van der Waals surface area contributed by atoms with Gasteiger partial charge in [0.05, 0.1) is 6.04 Å². The molecule has 0 fully saturated rings. The van der Waals surface area contributed by atoms with Gasteiger partial charge in [-0.2, -0.15) is 0 Å². The first kappa shape index (κ1) is 22.3. The third-order valence-corrected chi connectivity index (χ3v) is 3.65. The van der Waals surface area contributed by atoms with E-state index in [0.29, 0.717) is 19.5 Å². The number of carbonyl (C=O) groups excluding carboxylic acids is 1. The minimum Gasteiger partial charge on any atom is -0.355 e. The number of carbonyl (C=O) groups is 1. The molecule has 0 aliphatic rings. The highest BCUT2D eigenvalue weighted by molar-refractivity contribution is 5.81. The van der Waals surface area contributed by atoms with E-state index in [1.165, 1.54) is 6.42 Å². The van der Waals surface area contributed by atoms with Crippen LogP contribution in [0, 0.1) is 0 Å². The van der Waals surface area contributed by atoms with E-state index in [2.05, 4.69) is 16.0 Å². The Morgan fingerprint density at radius 3 is 1.91 bits per heavy atom. The fourth-order valence-electron chi connectivity index (χ4n) is 2.17. The van der Waals surface area contributed by atoms with Crippen LogP contribution >= 0.6 is 0 Å². The number of nitrogens with one attached hydrogen (secondary N) is 3. The zero-order chi connectivity index (χ0) is 17.2. The smallest absolute Gasteiger partial charge is 0.236 e. The van der Waals surface area contributed by atoms with E-state index in [1.54, 1.807) is 0 Å². The number of unbranched alkanes of at least 4 members (excludes halogenated alkanes) is 2. The van der Waals surface area contributed by atoms with Crippen molar-refractivity contribution in [3.05, 3.63) is 0 Å². The Labute approximate surface area is 141 Å². The average Bonchev–Trinajstić information content (AvgIpc) is 2.55. The first-order valence-corrected chi connectivity index (χ1v) is 9.07. The van der Waals surface area contributed by atoms with Gasteiger partial charge in [0.2, 0.25) is 5.91 Å². The molecule has 0 unspecified atom stereocenters. The summed E-state index contributed by atoms with van der Waals surface area (Å²) in [6, 6.07) is -0.402. The van der Waals surface area contributed by atoms with Crippen molar-refractivity contribution in [3.8, 4) is 0 Å². The summed E-state index contributed by atoms with van der Waals surface area (Å²) in [5.41, 5.74) is 16.7. The molecule has 7 heteroatoms. The van der Waals surface area contributed by atoms with E-state index in [1.807, 2.05) is 0 Å². The van der Waals surface area contributed by atoms with Crippen LogP contribution in [0.4, 0.5) is 0 Å². The van der Waals surface area contributed by atoms with Gasteiger partial charge in [-0.3, -0.25) is 4.79 Å². The second-order valence-corrected chi connectivity index (χ2v) is 5.88. The van der Waals surface area contributed by atoms with Gasteiger partial charge in [0.25, 0.3) is 0 Å². The molecule has 7 nitrogen and oxygen atoms in total. The summed E-state index contributed by atoms with van der Waals surface area (Å²) in [6.45, 7) is 6.09. The van der Waals surface area contributed by atoms with E-state index < -0.39 is 6.04 Å². The second-order valence-electron chi connectivity index (χ2n) is 5.88. The first-order chi connectivity index (χ1) is 11.2. The summed E-state index contributed by atoms with van der Waals surface area (Å²) in [4.78, 5) is 11.7. The number of hydrogen-bond donors (Lipinski definition) is 6. The average molecular weight is 331 g/mol. The van der Waals surface area contributed by atoms with Gasteiger partial charge in [-0.25, -0.2) is 0 Å². The second kappa shape index (κ2) is 17.6. The van der Waals surface area contributed by atoms with Crippen molar-refractivity contribution in [2.75, 3.05) is 45.8 Å². The lowest BCUT2D eigenvalue weighted by atomic mass is 10.1. The zero-order valence-corrected chi connectivity index (χ0v) is 14.6. The molecular weight excluding hydrogens is 292 g/mol. The summed E-state index contributed by atoms with van der Waals surface area (Å²) < 4.78 is 0. The van der Waals surface area contributed by atoms with Crippen molar-refractivity contribution in [2.24, 2.45) is 17.2 Å². The first-order valence-electron chi connectivity index (χ1n) is 9.07. The highest BCUT2D eigenvalue weighted by Gasteiger charge is 2.11. The summed E-state index contributed by atoms with van der Waals surface area (Å²) in [5, 5.41) is 9.64. The molecule has 23 heavy (non-hydrogen) atoms. The molecule has 0 saturated carbocycles. The van der Waals surface area contributed by atoms with Crippen molar-refractivity contribution in [1.29, 1.82) is 0 Å². The molecule has 0 bridgehead atoms. The molecule has 0 rings (SSSR count). The maximum atomic E-state index is 11.7. The summed E-state index contributed by atoms with van der Waals surface area (Å²) in [5.74, 6) is -0.0504. The van der Waals surface area contributed by atoms with E-state index in [9.17, 15) is 4.79 Å². The normalized spacial score (nSPS) is 12.3. The van der Waals surface area contributed by atoms with E-state index in [4.69, 9.17) is 17.2 Å². The highest BCUT2D eigenvalue weighted by Crippen LogP contribution is 1.97. The van der Waals surface area contributed by atoms with Gasteiger partial charge >= 0.3 is 0 Å². The quantitative estimate of drug-likeness (QED) is 0.195. The van der Waals surface area contributed by atoms with Crippen LogP contribution in [-0.2, 0) is 4.79 Å². The molecule has 0 spiro atoms. The van der Waals surface area contributed by atoms with E-state index in [-0.39, 0.29) is 5.91 Å². The molecule has 138 valence electrons.